The maximum Gasteiger partial charge on any atom is 0.213 e. The van der Waals surface area contributed by atoms with E-state index in [-0.39, 0.29) is 0 Å². The van der Waals surface area contributed by atoms with E-state index in [0.717, 1.165) is 23.9 Å². The van der Waals surface area contributed by atoms with Crippen molar-refractivity contribution in [3.8, 4) is 5.88 Å². The summed E-state index contributed by atoms with van der Waals surface area (Å²) in [4.78, 5) is 6.88. The van der Waals surface area contributed by atoms with Gasteiger partial charge in [0.25, 0.3) is 0 Å². The fraction of sp³-hybridized carbons (Fsp3) is 0.615. The first-order valence-corrected chi connectivity index (χ1v) is 5.96. The molecule has 0 radical (unpaired) electrons. The Balaban J connectivity index is 1.97. The van der Waals surface area contributed by atoms with Crippen molar-refractivity contribution in [1.29, 1.82) is 0 Å². The van der Waals surface area contributed by atoms with Gasteiger partial charge in [0.1, 0.15) is 0 Å². The fourth-order valence-electron chi connectivity index (χ4n) is 2.42. The largest absolute Gasteiger partial charge is 0.481 e. The van der Waals surface area contributed by atoms with Crippen LogP contribution in [0.4, 0.5) is 0 Å². The number of nitrogens with zero attached hydrogens (tertiary/aromatic N) is 2. The van der Waals surface area contributed by atoms with Gasteiger partial charge < -0.3 is 9.64 Å². The van der Waals surface area contributed by atoms with Crippen molar-refractivity contribution < 1.29 is 4.74 Å². The van der Waals surface area contributed by atoms with E-state index in [1.807, 2.05) is 12.1 Å². The summed E-state index contributed by atoms with van der Waals surface area (Å²) in [5, 5.41) is 0. The standard InChI is InChI=1S/C13H20N2O/c1-15-8-4-5-11(10-15)9-12-6-3-7-13(14-12)16-2/h3,6-7,11H,4-5,8-10H2,1-2H3. The molecular formula is C13H20N2O. The van der Waals surface area contributed by atoms with Crippen molar-refractivity contribution >= 4 is 0 Å². The number of aromatic nitrogens is 1. The van der Waals surface area contributed by atoms with Gasteiger partial charge in [-0.25, -0.2) is 4.98 Å². The van der Waals surface area contributed by atoms with E-state index in [2.05, 4.69) is 23.0 Å². The molecule has 1 aliphatic rings. The second-order valence-corrected chi connectivity index (χ2v) is 4.65. The van der Waals surface area contributed by atoms with Crippen LogP contribution in [0.3, 0.4) is 0 Å². The highest BCUT2D eigenvalue weighted by Gasteiger charge is 2.17. The van der Waals surface area contributed by atoms with Gasteiger partial charge in [-0.3, -0.25) is 0 Å². The quantitative estimate of drug-likeness (QED) is 0.778. The average molecular weight is 220 g/mol. The van der Waals surface area contributed by atoms with E-state index in [4.69, 9.17) is 4.74 Å². The summed E-state index contributed by atoms with van der Waals surface area (Å²) in [6.45, 7) is 2.43. The van der Waals surface area contributed by atoms with E-state index in [9.17, 15) is 0 Å². The monoisotopic (exact) mass is 220 g/mol. The molecule has 2 heterocycles. The van der Waals surface area contributed by atoms with Gasteiger partial charge in [0.05, 0.1) is 7.11 Å². The highest BCUT2D eigenvalue weighted by atomic mass is 16.5. The van der Waals surface area contributed by atoms with Crippen LogP contribution in [0.15, 0.2) is 18.2 Å². The first-order chi connectivity index (χ1) is 7.78. The Morgan fingerprint density at radius 2 is 2.38 bits per heavy atom. The van der Waals surface area contributed by atoms with Crippen molar-refractivity contribution in [2.75, 3.05) is 27.2 Å². The second-order valence-electron chi connectivity index (χ2n) is 4.65. The van der Waals surface area contributed by atoms with Crippen molar-refractivity contribution in [1.82, 2.24) is 9.88 Å². The normalized spacial score (nSPS) is 22.0. The number of hydrogen-bond donors (Lipinski definition) is 0. The number of methoxy groups -OCH3 is 1. The van der Waals surface area contributed by atoms with Crippen molar-refractivity contribution in [3.05, 3.63) is 23.9 Å². The maximum atomic E-state index is 5.14. The molecule has 1 atom stereocenters. The molecule has 0 N–H and O–H groups in total. The maximum absolute atomic E-state index is 5.14. The van der Waals surface area contributed by atoms with E-state index in [0.29, 0.717) is 0 Å². The van der Waals surface area contributed by atoms with Crippen LogP contribution in [-0.2, 0) is 6.42 Å². The Morgan fingerprint density at radius 1 is 1.50 bits per heavy atom. The summed E-state index contributed by atoms with van der Waals surface area (Å²) >= 11 is 0. The number of piperidine rings is 1. The van der Waals surface area contributed by atoms with Gasteiger partial charge in [-0.15, -0.1) is 0 Å². The zero-order valence-electron chi connectivity index (χ0n) is 10.1. The van der Waals surface area contributed by atoms with Crippen LogP contribution in [0.2, 0.25) is 0 Å². The average Bonchev–Trinajstić information content (AvgIpc) is 2.29. The predicted molar refractivity (Wildman–Crippen MR) is 64.7 cm³/mol. The Hall–Kier alpha value is -1.09. The third-order valence-electron chi connectivity index (χ3n) is 3.21. The van der Waals surface area contributed by atoms with Crippen LogP contribution in [-0.4, -0.2) is 37.1 Å². The molecule has 0 bridgehead atoms. The van der Waals surface area contributed by atoms with Gasteiger partial charge in [-0.2, -0.15) is 0 Å². The summed E-state index contributed by atoms with van der Waals surface area (Å²) in [5.41, 5.74) is 1.15. The summed E-state index contributed by atoms with van der Waals surface area (Å²) in [6, 6.07) is 6.02. The van der Waals surface area contributed by atoms with Crippen molar-refractivity contribution in [3.63, 3.8) is 0 Å². The Labute approximate surface area is 97.4 Å². The highest BCUT2D eigenvalue weighted by Crippen LogP contribution is 2.19. The SMILES string of the molecule is COc1cccc(CC2CCCN(C)C2)n1. The van der Waals surface area contributed by atoms with Crippen LogP contribution in [0.5, 0.6) is 5.88 Å². The van der Waals surface area contributed by atoms with Crippen molar-refractivity contribution in [2.24, 2.45) is 5.92 Å². The Bertz CT molecular complexity index is 340. The zero-order valence-corrected chi connectivity index (χ0v) is 10.1. The van der Waals surface area contributed by atoms with Crippen LogP contribution in [0.25, 0.3) is 0 Å². The third kappa shape index (κ3) is 2.95. The minimum atomic E-state index is 0.724. The molecule has 88 valence electrons. The van der Waals surface area contributed by atoms with Gasteiger partial charge in [-0.05, 0) is 44.8 Å². The molecule has 1 aromatic heterocycles. The molecule has 0 spiro atoms. The molecule has 0 saturated carbocycles. The Kier molecular flexibility index (Phi) is 3.78. The summed E-state index contributed by atoms with van der Waals surface area (Å²) in [7, 11) is 3.87. The molecule has 0 amide bonds. The molecule has 1 unspecified atom stereocenters. The molecule has 1 aromatic rings. The van der Waals surface area contributed by atoms with E-state index >= 15 is 0 Å². The predicted octanol–water partition coefficient (Wildman–Crippen LogP) is 1.97. The first kappa shape index (κ1) is 11.4. The molecule has 0 aromatic carbocycles. The van der Waals surface area contributed by atoms with Crippen molar-refractivity contribution in [2.45, 2.75) is 19.3 Å². The minimum absolute atomic E-state index is 0.724. The molecule has 3 heteroatoms. The number of pyridine rings is 1. The number of rotatable bonds is 3. The van der Waals surface area contributed by atoms with Crippen LogP contribution >= 0.6 is 0 Å². The third-order valence-corrected chi connectivity index (χ3v) is 3.21. The zero-order chi connectivity index (χ0) is 11.4. The molecule has 3 nitrogen and oxygen atoms in total. The number of hydrogen-bond acceptors (Lipinski definition) is 3. The van der Waals surface area contributed by atoms with Gasteiger partial charge in [-0.1, -0.05) is 6.07 Å². The molecule has 2 rings (SSSR count). The van der Waals surface area contributed by atoms with Gasteiger partial charge in [0.15, 0.2) is 0 Å². The van der Waals surface area contributed by atoms with E-state index in [1.165, 1.54) is 25.9 Å². The van der Waals surface area contributed by atoms with Crippen LogP contribution in [0, 0.1) is 5.92 Å². The smallest absolute Gasteiger partial charge is 0.213 e. The second kappa shape index (κ2) is 5.30. The molecule has 1 saturated heterocycles. The van der Waals surface area contributed by atoms with Gasteiger partial charge in [0.2, 0.25) is 5.88 Å². The molecular weight excluding hydrogens is 200 g/mol. The van der Waals surface area contributed by atoms with Gasteiger partial charge in [0, 0.05) is 18.3 Å². The molecule has 1 fully saturated rings. The van der Waals surface area contributed by atoms with Crippen LogP contribution < -0.4 is 4.74 Å². The lowest BCUT2D eigenvalue weighted by molar-refractivity contribution is 0.208. The highest BCUT2D eigenvalue weighted by molar-refractivity contribution is 5.16. The number of ether oxygens (including phenoxy) is 1. The van der Waals surface area contributed by atoms with Crippen LogP contribution in [0.1, 0.15) is 18.5 Å². The number of likely N-dealkylation sites (tertiary alicyclic amines) is 1. The summed E-state index contributed by atoms with van der Waals surface area (Å²) in [5.74, 6) is 1.47. The summed E-state index contributed by atoms with van der Waals surface area (Å²) in [6.07, 6.45) is 3.70. The lowest BCUT2D eigenvalue weighted by Crippen LogP contribution is -2.33. The van der Waals surface area contributed by atoms with Gasteiger partial charge >= 0.3 is 0 Å². The lowest BCUT2D eigenvalue weighted by Gasteiger charge is -2.29. The molecule has 0 aliphatic carbocycles. The molecule has 16 heavy (non-hydrogen) atoms. The first-order valence-electron chi connectivity index (χ1n) is 5.96. The fourth-order valence-corrected chi connectivity index (χ4v) is 2.42. The minimum Gasteiger partial charge on any atom is -0.481 e. The van der Waals surface area contributed by atoms with E-state index in [1.54, 1.807) is 7.11 Å². The van der Waals surface area contributed by atoms with E-state index < -0.39 is 0 Å². The topological polar surface area (TPSA) is 25.4 Å². The lowest BCUT2D eigenvalue weighted by atomic mass is 9.93. The Morgan fingerprint density at radius 3 is 3.12 bits per heavy atom. The summed E-state index contributed by atoms with van der Waals surface area (Å²) < 4.78 is 5.14. The molecule has 1 aliphatic heterocycles.